The Morgan fingerprint density at radius 2 is 2.09 bits per heavy atom. The maximum atomic E-state index is 13.8. The number of fused-ring (bicyclic) bond motifs is 1. The number of aryl methyl sites for hydroxylation is 1. The van der Waals surface area contributed by atoms with Crippen molar-refractivity contribution in [1.29, 1.82) is 0 Å². The minimum absolute atomic E-state index is 0.00736. The fourth-order valence-corrected chi connectivity index (χ4v) is 4.35. The molecule has 4 rings (SSSR count). The van der Waals surface area contributed by atoms with E-state index in [-0.39, 0.29) is 39.6 Å². The molecular weight excluding hydrogens is 437 g/mol. The van der Waals surface area contributed by atoms with Gasteiger partial charge in [-0.3, -0.25) is 18.7 Å². The van der Waals surface area contributed by atoms with Gasteiger partial charge in [0, 0.05) is 32.8 Å². The standard InChI is InChI=1S/C21H22FN5O4S/c1-26-18-16(20(29)27(2)21(26)30)19(25-17(24-18)12-5-3-6-13(22)9-12)32-11-15(28)23-10-14-7-4-8-31-14/h3,5-6,9,14H,4,7-8,10-11H2,1-2H3,(H,23,28)/t14-/m1/s1. The number of aromatic nitrogens is 4. The fourth-order valence-electron chi connectivity index (χ4n) is 3.51. The molecule has 0 saturated carbocycles. The highest BCUT2D eigenvalue weighted by Gasteiger charge is 2.20. The summed E-state index contributed by atoms with van der Waals surface area (Å²) in [4.78, 5) is 46.4. The number of nitrogens with one attached hydrogen (secondary N) is 1. The smallest absolute Gasteiger partial charge is 0.332 e. The van der Waals surface area contributed by atoms with Gasteiger partial charge in [0.1, 0.15) is 16.2 Å². The van der Waals surface area contributed by atoms with Crippen molar-refractivity contribution >= 4 is 28.7 Å². The summed E-state index contributed by atoms with van der Waals surface area (Å²) >= 11 is 1.06. The Bertz CT molecular complexity index is 1300. The van der Waals surface area contributed by atoms with Gasteiger partial charge in [-0.25, -0.2) is 19.2 Å². The van der Waals surface area contributed by atoms with Crippen molar-refractivity contribution < 1.29 is 13.9 Å². The van der Waals surface area contributed by atoms with E-state index in [0.717, 1.165) is 29.2 Å². The van der Waals surface area contributed by atoms with Crippen LogP contribution >= 0.6 is 11.8 Å². The molecule has 11 heteroatoms. The van der Waals surface area contributed by atoms with Crippen LogP contribution in [-0.2, 0) is 23.6 Å². The predicted molar refractivity (Wildman–Crippen MR) is 118 cm³/mol. The first-order valence-corrected chi connectivity index (χ1v) is 11.1. The van der Waals surface area contributed by atoms with Crippen molar-refractivity contribution in [3.63, 3.8) is 0 Å². The Morgan fingerprint density at radius 1 is 1.28 bits per heavy atom. The molecule has 2 aromatic heterocycles. The van der Waals surface area contributed by atoms with Gasteiger partial charge in [0.2, 0.25) is 5.91 Å². The number of thioether (sulfide) groups is 1. The van der Waals surface area contributed by atoms with Crippen molar-refractivity contribution in [3.8, 4) is 11.4 Å². The molecule has 0 radical (unpaired) electrons. The summed E-state index contributed by atoms with van der Waals surface area (Å²) in [6.45, 7) is 1.13. The van der Waals surface area contributed by atoms with Crippen LogP contribution in [0, 0.1) is 5.82 Å². The minimum atomic E-state index is -0.559. The Kier molecular flexibility index (Phi) is 6.38. The van der Waals surface area contributed by atoms with Gasteiger partial charge in [-0.1, -0.05) is 23.9 Å². The molecule has 9 nitrogen and oxygen atoms in total. The van der Waals surface area contributed by atoms with Crippen LogP contribution < -0.4 is 16.6 Å². The van der Waals surface area contributed by atoms with Crippen LogP contribution in [0.1, 0.15) is 12.8 Å². The lowest BCUT2D eigenvalue weighted by molar-refractivity contribution is -0.119. The van der Waals surface area contributed by atoms with E-state index in [1.807, 2.05) is 0 Å². The third-order valence-electron chi connectivity index (χ3n) is 5.24. The zero-order chi connectivity index (χ0) is 22.8. The van der Waals surface area contributed by atoms with E-state index in [0.29, 0.717) is 18.7 Å². The number of benzene rings is 1. The van der Waals surface area contributed by atoms with Gasteiger partial charge in [-0.05, 0) is 25.0 Å². The Balaban J connectivity index is 1.71. The monoisotopic (exact) mass is 459 g/mol. The molecule has 0 spiro atoms. The minimum Gasteiger partial charge on any atom is -0.376 e. The topological polar surface area (TPSA) is 108 Å². The third kappa shape index (κ3) is 4.44. The van der Waals surface area contributed by atoms with E-state index in [9.17, 15) is 18.8 Å². The molecule has 1 aliphatic heterocycles. The van der Waals surface area contributed by atoms with Crippen molar-refractivity contribution in [2.45, 2.75) is 24.0 Å². The van der Waals surface area contributed by atoms with Gasteiger partial charge >= 0.3 is 5.69 Å². The number of amides is 1. The van der Waals surface area contributed by atoms with Gasteiger partial charge in [-0.15, -0.1) is 0 Å². The number of nitrogens with zero attached hydrogens (tertiary/aromatic N) is 4. The molecule has 0 bridgehead atoms. The molecule has 0 aliphatic carbocycles. The number of carbonyl (C=O) groups is 1. The highest BCUT2D eigenvalue weighted by atomic mass is 32.2. The van der Waals surface area contributed by atoms with Gasteiger partial charge in [0.05, 0.1) is 11.9 Å². The first-order valence-electron chi connectivity index (χ1n) is 10.1. The number of hydrogen-bond donors (Lipinski definition) is 1. The van der Waals surface area contributed by atoms with Gasteiger partial charge in [0.15, 0.2) is 11.5 Å². The third-order valence-corrected chi connectivity index (χ3v) is 6.22. The summed E-state index contributed by atoms with van der Waals surface area (Å²) in [5.74, 6) is -0.534. The van der Waals surface area contributed by atoms with Gasteiger partial charge < -0.3 is 10.1 Å². The SMILES string of the molecule is Cn1c(=O)c2c(SCC(=O)NC[C@H]3CCCO3)nc(-c3cccc(F)c3)nc2n(C)c1=O. The summed E-state index contributed by atoms with van der Waals surface area (Å²) < 4.78 is 21.5. The van der Waals surface area contributed by atoms with E-state index >= 15 is 0 Å². The highest BCUT2D eigenvalue weighted by molar-refractivity contribution is 8.00. The first kappa shape index (κ1) is 22.2. The zero-order valence-corrected chi connectivity index (χ0v) is 18.4. The quantitative estimate of drug-likeness (QED) is 0.436. The summed E-state index contributed by atoms with van der Waals surface area (Å²) in [7, 11) is 2.86. The average Bonchev–Trinajstić information content (AvgIpc) is 3.31. The van der Waals surface area contributed by atoms with Crippen molar-refractivity contribution in [2.24, 2.45) is 14.1 Å². The molecule has 32 heavy (non-hydrogen) atoms. The summed E-state index contributed by atoms with van der Waals surface area (Å²) in [5, 5.41) is 3.21. The lowest BCUT2D eigenvalue weighted by atomic mass is 10.2. The van der Waals surface area contributed by atoms with E-state index in [2.05, 4.69) is 15.3 Å². The number of rotatable bonds is 6. The zero-order valence-electron chi connectivity index (χ0n) is 17.6. The summed E-state index contributed by atoms with van der Waals surface area (Å²) in [6, 6.07) is 5.71. The Morgan fingerprint density at radius 3 is 2.81 bits per heavy atom. The van der Waals surface area contributed by atoms with Crippen LogP contribution in [0.4, 0.5) is 4.39 Å². The fraction of sp³-hybridized carbons (Fsp3) is 0.381. The normalized spacial score (nSPS) is 15.9. The van der Waals surface area contributed by atoms with Crippen molar-refractivity contribution in [3.05, 3.63) is 50.9 Å². The van der Waals surface area contributed by atoms with Gasteiger partial charge in [0.25, 0.3) is 5.56 Å². The van der Waals surface area contributed by atoms with Crippen molar-refractivity contribution in [1.82, 2.24) is 24.4 Å². The largest absolute Gasteiger partial charge is 0.376 e. The summed E-state index contributed by atoms with van der Waals surface area (Å²) in [6.07, 6.45) is 1.91. The maximum Gasteiger partial charge on any atom is 0.332 e. The highest BCUT2D eigenvalue weighted by Crippen LogP contribution is 2.26. The second-order valence-corrected chi connectivity index (χ2v) is 8.46. The maximum absolute atomic E-state index is 13.8. The Labute approximate surface area is 186 Å². The van der Waals surface area contributed by atoms with Crippen LogP contribution in [0.15, 0.2) is 38.9 Å². The predicted octanol–water partition coefficient (Wildman–Crippen LogP) is 1.22. The van der Waals surface area contributed by atoms with E-state index in [1.165, 1.54) is 36.9 Å². The van der Waals surface area contributed by atoms with Crippen molar-refractivity contribution in [2.75, 3.05) is 18.9 Å². The van der Waals surface area contributed by atoms with Crippen LogP contribution in [0.25, 0.3) is 22.4 Å². The first-order chi connectivity index (χ1) is 15.3. The number of hydrogen-bond acceptors (Lipinski definition) is 7. The molecule has 1 fully saturated rings. The second-order valence-electron chi connectivity index (χ2n) is 7.49. The lowest BCUT2D eigenvalue weighted by Gasteiger charge is -2.13. The molecule has 1 amide bonds. The van der Waals surface area contributed by atoms with E-state index < -0.39 is 17.1 Å². The number of halogens is 1. The number of ether oxygens (including phenoxy) is 1. The lowest BCUT2D eigenvalue weighted by Crippen LogP contribution is -2.38. The van der Waals surface area contributed by atoms with Crippen LogP contribution in [0.3, 0.4) is 0 Å². The van der Waals surface area contributed by atoms with Crippen LogP contribution in [-0.4, -0.2) is 50.0 Å². The molecular formula is C21H22FN5O4S. The number of carbonyl (C=O) groups excluding carboxylic acids is 1. The summed E-state index contributed by atoms with van der Waals surface area (Å²) in [5.41, 5.74) is -0.591. The molecule has 168 valence electrons. The molecule has 1 saturated heterocycles. The molecule has 1 atom stereocenters. The van der Waals surface area contributed by atoms with E-state index in [4.69, 9.17) is 4.74 Å². The van der Waals surface area contributed by atoms with Crippen LogP contribution in [0.5, 0.6) is 0 Å². The molecule has 1 aromatic carbocycles. The Hall–Kier alpha value is -3.05. The van der Waals surface area contributed by atoms with Gasteiger partial charge in [-0.2, -0.15) is 0 Å². The van der Waals surface area contributed by atoms with E-state index in [1.54, 1.807) is 6.07 Å². The second kappa shape index (κ2) is 9.21. The molecule has 0 unspecified atom stereocenters. The molecule has 3 heterocycles. The molecule has 1 N–H and O–H groups in total. The average molecular weight is 460 g/mol. The molecule has 3 aromatic rings. The van der Waals surface area contributed by atoms with Crippen LogP contribution in [0.2, 0.25) is 0 Å². The molecule has 1 aliphatic rings.